The van der Waals surface area contributed by atoms with Crippen molar-refractivity contribution in [2.75, 3.05) is 7.11 Å². The zero-order valence-electron chi connectivity index (χ0n) is 13.4. The van der Waals surface area contributed by atoms with Gasteiger partial charge in [0.1, 0.15) is 0 Å². The Kier molecular flexibility index (Phi) is 4.51. The number of nitrogens with one attached hydrogen (secondary N) is 1. The number of methoxy groups -OCH3 is 1. The Morgan fingerprint density at radius 2 is 2.00 bits per heavy atom. The maximum Gasteiger partial charge on any atom is 0.261 e. The van der Waals surface area contributed by atoms with Gasteiger partial charge in [-0.1, -0.05) is 42.5 Å². The van der Waals surface area contributed by atoms with E-state index in [0.717, 1.165) is 17.5 Å². The van der Waals surface area contributed by atoms with E-state index < -0.39 is 6.10 Å². The minimum absolute atomic E-state index is 0.0497. The van der Waals surface area contributed by atoms with Crippen LogP contribution in [0.25, 0.3) is 0 Å². The van der Waals surface area contributed by atoms with Crippen molar-refractivity contribution in [3.8, 4) is 11.5 Å². The van der Waals surface area contributed by atoms with Crippen LogP contribution in [0.2, 0.25) is 0 Å². The second kappa shape index (κ2) is 6.73. The lowest BCUT2D eigenvalue weighted by Crippen LogP contribution is -2.41. The molecule has 0 aromatic heterocycles. The van der Waals surface area contributed by atoms with Crippen LogP contribution >= 0.6 is 0 Å². The van der Waals surface area contributed by atoms with Gasteiger partial charge in [-0.3, -0.25) is 4.79 Å². The van der Waals surface area contributed by atoms with Gasteiger partial charge in [-0.25, -0.2) is 0 Å². The summed E-state index contributed by atoms with van der Waals surface area (Å²) in [5.41, 5.74) is 2.17. The third kappa shape index (κ3) is 3.31. The van der Waals surface area contributed by atoms with Crippen LogP contribution in [-0.4, -0.2) is 19.1 Å². The van der Waals surface area contributed by atoms with E-state index in [1.165, 1.54) is 0 Å². The van der Waals surface area contributed by atoms with Gasteiger partial charge in [-0.15, -0.1) is 0 Å². The molecule has 0 radical (unpaired) electrons. The van der Waals surface area contributed by atoms with E-state index in [4.69, 9.17) is 9.47 Å². The molecule has 120 valence electrons. The molecule has 4 nitrogen and oxygen atoms in total. The van der Waals surface area contributed by atoms with Crippen LogP contribution in [-0.2, 0) is 11.2 Å². The molecule has 4 heteroatoms. The molecule has 0 saturated heterocycles. The number of amides is 1. The second-order valence-electron chi connectivity index (χ2n) is 5.73. The van der Waals surface area contributed by atoms with Crippen LogP contribution < -0.4 is 14.8 Å². The van der Waals surface area contributed by atoms with Gasteiger partial charge in [-0.2, -0.15) is 0 Å². The molecule has 0 fully saturated rings. The molecule has 1 amide bonds. The van der Waals surface area contributed by atoms with Crippen LogP contribution in [0.3, 0.4) is 0 Å². The number of carbonyl (C=O) groups excluding carboxylic acids is 1. The summed E-state index contributed by atoms with van der Waals surface area (Å²) in [6, 6.07) is 15.7. The van der Waals surface area contributed by atoms with E-state index in [1.54, 1.807) is 7.11 Å². The average molecular weight is 311 g/mol. The highest BCUT2D eigenvalue weighted by atomic mass is 16.5. The van der Waals surface area contributed by atoms with Crippen LogP contribution in [0.5, 0.6) is 11.5 Å². The minimum atomic E-state index is -0.482. The smallest absolute Gasteiger partial charge is 0.261 e. The first-order chi connectivity index (χ1) is 11.2. The first-order valence-corrected chi connectivity index (χ1v) is 7.87. The summed E-state index contributed by atoms with van der Waals surface area (Å²) >= 11 is 0. The standard InChI is InChI=1S/C19H21NO3/c1-13(14-7-4-3-5-8-14)20-19(21)17-12-11-15-9-6-10-16(22-2)18(15)23-17/h3-10,13,17H,11-12H2,1-2H3,(H,20,21)/t13-,17?/m0/s1. The molecule has 0 spiro atoms. The number of fused-ring (bicyclic) bond motifs is 1. The maximum atomic E-state index is 12.5. The second-order valence-corrected chi connectivity index (χ2v) is 5.73. The lowest BCUT2D eigenvalue weighted by atomic mass is 10.0. The molecule has 1 aliphatic heterocycles. The monoisotopic (exact) mass is 311 g/mol. The molecular weight excluding hydrogens is 290 g/mol. The van der Waals surface area contributed by atoms with Gasteiger partial charge >= 0.3 is 0 Å². The number of para-hydroxylation sites is 1. The Morgan fingerprint density at radius 3 is 2.74 bits per heavy atom. The molecule has 2 atom stereocenters. The Hall–Kier alpha value is -2.49. The van der Waals surface area contributed by atoms with Crippen molar-refractivity contribution in [1.82, 2.24) is 5.32 Å². The van der Waals surface area contributed by atoms with Crippen molar-refractivity contribution in [2.45, 2.75) is 31.9 Å². The van der Waals surface area contributed by atoms with Gasteiger partial charge in [0.05, 0.1) is 13.2 Å². The Labute approximate surface area is 136 Å². The third-order valence-electron chi connectivity index (χ3n) is 4.17. The number of hydrogen-bond donors (Lipinski definition) is 1. The van der Waals surface area contributed by atoms with Crippen molar-refractivity contribution in [1.29, 1.82) is 0 Å². The molecule has 23 heavy (non-hydrogen) atoms. The van der Waals surface area contributed by atoms with E-state index in [0.29, 0.717) is 17.9 Å². The highest BCUT2D eigenvalue weighted by Gasteiger charge is 2.28. The molecular formula is C19H21NO3. The van der Waals surface area contributed by atoms with Gasteiger partial charge < -0.3 is 14.8 Å². The van der Waals surface area contributed by atoms with Crippen molar-refractivity contribution < 1.29 is 14.3 Å². The van der Waals surface area contributed by atoms with E-state index >= 15 is 0 Å². The highest BCUT2D eigenvalue weighted by Crippen LogP contribution is 2.36. The summed E-state index contributed by atoms with van der Waals surface area (Å²) in [6.45, 7) is 1.98. The van der Waals surface area contributed by atoms with Crippen LogP contribution in [0.15, 0.2) is 48.5 Å². The van der Waals surface area contributed by atoms with E-state index in [-0.39, 0.29) is 11.9 Å². The summed E-state index contributed by atoms with van der Waals surface area (Å²) in [6.07, 6.45) is 1.00. The van der Waals surface area contributed by atoms with Crippen molar-refractivity contribution in [3.63, 3.8) is 0 Å². The van der Waals surface area contributed by atoms with Crippen LogP contribution in [0.1, 0.15) is 30.5 Å². The van der Waals surface area contributed by atoms with Gasteiger partial charge in [0.15, 0.2) is 17.6 Å². The fraction of sp³-hybridized carbons (Fsp3) is 0.316. The molecule has 2 aromatic carbocycles. The molecule has 2 aromatic rings. The summed E-state index contributed by atoms with van der Waals surface area (Å²) in [5, 5.41) is 3.03. The molecule has 1 unspecified atom stereocenters. The van der Waals surface area contributed by atoms with Crippen molar-refractivity contribution in [3.05, 3.63) is 59.7 Å². The molecule has 3 rings (SSSR count). The van der Waals surface area contributed by atoms with Crippen LogP contribution in [0.4, 0.5) is 0 Å². The molecule has 1 heterocycles. The largest absolute Gasteiger partial charge is 0.493 e. The molecule has 1 aliphatic rings. The summed E-state index contributed by atoms with van der Waals surface area (Å²) in [5.74, 6) is 1.28. The molecule has 1 N–H and O–H groups in total. The number of aryl methyl sites for hydroxylation is 1. The number of carbonyl (C=O) groups is 1. The van der Waals surface area contributed by atoms with Crippen molar-refractivity contribution in [2.24, 2.45) is 0 Å². The minimum Gasteiger partial charge on any atom is -0.493 e. The predicted octanol–water partition coefficient (Wildman–Crippen LogP) is 3.27. The first-order valence-electron chi connectivity index (χ1n) is 7.87. The lowest BCUT2D eigenvalue weighted by molar-refractivity contribution is -0.129. The zero-order valence-corrected chi connectivity index (χ0v) is 13.4. The number of hydrogen-bond acceptors (Lipinski definition) is 3. The number of rotatable bonds is 4. The quantitative estimate of drug-likeness (QED) is 0.943. The van der Waals surface area contributed by atoms with Gasteiger partial charge in [0, 0.05) is 0 Å². The fourth-order valence-corrected chi connectivity index (χ4v) is 2.86. The summed E-state index contributed by atoms with van der Waals surface area (Å²) in [7, 11) is 1.61. The van der Waals surface area contributed by atoms with Gasteiger partial charge in [0.25, 0.3) is 5.91 Å². The molecule has 0 saturated carbocycles. The van der Waals surface area contributed by atoms with Crippen molar-refractivity contribution >= 4 is 5.91 Å². The third-order valence-corrected chi connectivity index (χ3v) is 4.17. The Bertz CT molecular complexity index is 670. The first kappa shape index (κ1) is 15.4. The lowest BCUT2D eigenvalue weighted by Gasteiger charge is -2.27. The maximum absolute atomic E-state index is 12.5. The van der Waals surface area contributed by atoms with Gasteiger partial charge in [0.2, 0.25) is 0 Å². The SMILES string of the molecule is COc1cccc2c1OC(C(=O)N[C@@H](C)c1ccccc1)CC2. The normalized spacial score (nSPS) is 17.6. The molecule has 0 bridgehead atoms. The molecule has 0 aliphatic carbocycles. The fourth-order valence-electron chi connectivity index (χ4n) is 2.86. The summed E-state index contributed by atoms with van der Waals surface area (Å²) < 4.78 is 11.2. The zero-order chi connectivity index (χ0) is 16.2. The van der Waals surface area contributed by atoms with Crippen LogP contribution in [0, 0.1) is 0 Å². The van der Waals surface area contributed by atoms with Gasteiger partial charge in [-0.05, 0) is 37.0 Å². The highest BCUT2D eigenvalue weighted by molar-refractivity contribution is 5.82. The number of benzene rings is 2. The topological polar surface area (TPSA) is 47.6 Å². The van der Waals surface area contributed by atoms with E-state index in [1.807, 2.05) is 55.5 Å². The van der Waals surface area contributed by atoms with E-state index in [9.17, 15) is 4.79 Å². The predicted molar refractivity (Wildman–Crippen MR) is 88.7 cm³/mol. The average Bonchev–Trinajstić information content (AvgIpc) is 2.61. The van der Waals surface area contributed by atoms with E-state index in [2.05, 4.69) is 5.32 Å². The summed E-state index contributed by atoms with van der Waals surface area (Å²) in [4.78, 5) is 12.5. The number of ether oxygens (including phenoxy) is 2. The Morgan fingerprint density at radius 1 is 1.22 bits per heavy atom. The Balaban J connectivity index is 1.70.